The lowest BCUT2D eigenvalue weighted by Crippen LogP contribution is -2.69. The molecule has 1 saturated carbocycles. The molecule has 0 aromatic rings. The van der Waals surface area contributed by atoms with Gasteiger partial charge in [0.05, 0.1) is 0 Å². The highest BCUT2D eigenvalue weighted by molar-refractivity contribution is 5.99. The average Bonchev–Trinajstić information content (AvgIpc) is 3.24. The third-order valence-corrected chi connectivity index (χ3v) is 4.58. The maximum atomic E-state index is 12.7. The Balaban J connectivity index is 1.94. The van der Waals surface area contributed by atoms with Crippen LogP contribution in [0.2, 0.25) is 0 Å². The van der Waals surface area contributed by atoms with Crippen molar-refractivity contribution in [1.82, 2.24) is 10.2 Å². The lowest BCUT2D eigenvalue weighted by atomic mass is 9.89. The molecule has 0 aromatic carbocycles. The maximum absolute atomic E-state index is 12.7. The molecule has 2 fully saturated rings. The summed E-state index contributed by atoms with van der Waals surface area (Å²) < 4.78 is 5.02. The summed E-state index contributed by atoms with van der Waals surface area (Å²) in [5, 5.41) is 2.94. The molecule has 0 aromatic heterocycles. The number of hydrogen-bond donors (Lipinski definition) is 1. The molecule has 1 heterocycles. The van der Waals surface area contributed by atoms with Crippen LogP contribution < -0.4 is 5.32 Å². The second-order valence-electron chi connectivity index (χ2n) is 6.19. The van der Waals surface area contributed by atoms with Crippen molar-refractivity contribution in [3.05, 3.63) is 0 Å². The van der Waals surface area contributed by atoms with Gasteiger partial charge in [-0.2, -0.15) is 0 Å². The Morgan fingerprint density at radius 2 is 2.00 bits per heavy atom. The summed E-state index contributed by atoms with van der Waals surface area (Å²) in [5.74, 6) is 0.400. The number of nitrogens with one attached hydrogen (secondary N) is 1. The molecule has 2 aliphatic rings. The van der Waals surface area contributed by atoms with E-state index in [1.165, 1.54) is 0 Å². The summed E-state index contributed by atoms with van der Waals surface area (Å²) in [5.41, 5.74) is -0.671. The first-order valence-corrected chi connectivity index (χ1v) is 7.62. The second-order valence-corrected chi connectivity index (χ2v) is 6.19. The molecule has 1 N–H and O–H groups in total. The van der Waals surface area contributed by atoms with E-state index in [1.54, 1.807) is 12.0 Å². The number of carbonyl (C=O) groups is 2. The Labute approximate surface area is 121 Å². The average molecular weight is 282 g/mol. The van der Waals surface area contributed by atoms with Crippen molar-refractivity contribution >= 4 is 11.8 Å². The van der Waals surface area contributed by atoms with Gasteiger partial charge < -0.3 is 15.0 Å². The van der Waals surface area contributed by atoms with Gasteiger partial charge in [0.2, 0.25) is 11.8 Å². The zero-order valence-electron chi connectivity index (χ0n) is 12.8. The number of ether oxygens (including phenoxy) is 1. The summed E-state index contributed by atoms with van der Waals surface area (Å²) in [7, 11) is 1.70. The summed E-state index contributed by atoms with van der Waals surface area (Å²) in [6, 6.07) is -0.350. The van der Waals surface area contributed by atoms with Crippen molar-refractivity contribution in [3.8, 4) is 0 Å². The quantitative estimate of drug-likeness (QED) is 0.716. The van der Waals surface area contributed by atoms with Crippen LogP contribution in [0, 0.1) is 5.92 Å². The second kappa shape index (κ2) is 6.12. The van der Waals surface area contributed by atoms with Gasteiger partial charge in [-0.1, -0.05) is 0 Å². The van der Waals surface area contributed by atoms with Crippen molar-refractivity contribution < 1.29 is 14.3 Å². The number of unbranched alkanes of at least 4 members (excludes halogenated alkanes) is 2. The molecular formula is C15H26N2O3. The molecule has 5 heteroatoms. The fourth-order valence-electron chi connectivity index (χ4n) is 2.97. The monoisotopic (exact) mass is 282 g/mol. The van der Waals surface area contributed by atoms with Gasteiger partial charge in [0.1, 0.15) is 11.6 Å². The van der Waals surface area contributed by atoms with Gasteiger partial charge in [-0.3, -0.25) is 9.59 Å². The summed E-state index contributed by atoms with van der Waals surface area (Å²) in [6.07, 6.45) is 5.02. The van der Waals surface area contributed by atoms with Crippen molar-refractivity contribution in [2.45, 2.75) is 57.5 Å². The van der Waals surface area contributed by atoms with Crippen molar-refractivity contribution in [2.24, 2.45) is 5.92 Å². The third kappa shape index (κ3) is 2.97. The van der Waals surface area contributed by atoms with Gasteiger partial charge in [0, 0.05) is 20.3 Å². The van der Waals surface area contributed by atoms with Crippen LogP contribution in [0.5, 0.6) is 0 Å². The largest absolute Gasteiger partial charge is 0.385 e. The molecule has 20 heavy (non-hydrogen) atoms. The van der Waals surface area contributed by atoms with E-state index in [4.69, 9.17) is 4.74 Å². The predicted octanol–water partition coefficient (Wildman–Crippen LogP) is 1.32. The summed E-state index contributed by atoms with van der Waals surface area (Å²) in [4.78, 5) is 26.6. The van der Waals surface area contributed by atoms with E-state index in [2.05, 4.69) is 5.32 Å². The Morgan fingerprint density at radius 1 is 1.30 bits per heavy atom. The summed E-state index contributed by atoms with van der Waals surface area (Å²) >= 11 is 0. The third-order valence-electron chi connectivity index (χ3n) is 4.58. The molecule has 5 nitrogen and oxygen atoms in total. The van der Waals surface area contributed by atoms with E-state index < -0.39 is 5.54 Å². The molecule has 2 atom stereocenters. The van der Waals surface area contributed by atoms with Gasteiger partial charge in [-0.25, -0.2) is 0 Å². The van der Waals surface area contributed by atoms with Crippen LogP contribution in [0.3, 0.4) is 0 Å². The maximum Gasteiger partial charge on any atom is 0.248 e. The van der Waals surface area contributed by atoms with Gasteiger partial charge in [0.15, 0.2) is 0 Å². The van der Waals surface area contributed by atoms with Crippen LogP contribution in [0.1, 0.15) is 46.0 Å². The van der Waals surface area contributed by atoms with Crippen molar-refractivity contribution in [3.63, 3.8) is 0 Å². The lowest BCUT2D eigenvalue weighted by Gasteiger charge is -2.43. The first kappa shape index (κ1) is 15.3. The van der Waals surface area contributed by atoms with Crippen LogP contribution in [0.15, 0.2) is 0 Å². The first-order chi connectivity index (χ1) is 9.50. The number of amides is 2. The Kier molecular flexibility index (Phi) is 4.68. The number of nitrogens with zero attached hydrogens (tertiary/aromatic N) is 1. The van der Waals surface area contributed by atoms with Gasteiger partial charge in [-0.15, -0.1) is 0 Å². The highest BCUT2D eigenvalue weighted by atomic mass is 16.5. The Morgan fingerprint density at radius 3 is 2.60 bits per heavy atom. The van der Waals surface area contributed by atoms with Gasteiger partial charge in [-0.05, 0) is 51.9 Å². The van der Waals surface area contributed by atoms with Crippen LogP contribution in [0.25, 0.3) is 0 Å². The van der Waals surface area contributed by atoms with E-state index in [1.807, 2.05) is 13.8 Å². The molecular weight excluding hydrogens is 256 g/mol. The van der Waals surface area contributed by atoms with Crippen LogP contribution >= 0.6 is 0 Å². The minimum absolute atomic E-state index is 0.0177. The topological polar surface area (TPSA) is 58.6 Å². The molecule has 114 valence electrons. The lowest BCUT2D eigenvalue weighted by molar-refractivity contribution is -0.154. The van der Waals surface area contributed by atoms with Crippen molar-refractivity contribution in [2.75, 3.05) is 20.3 Å². The van der Waals surface area contributed by atoms with Gasteiger partial charge in [0.25, 0.3) is 0 Å². The number of piperazine rings is 1. The minimum atomic E-state index is -0.671. The SMILES string of the molecule is COCCCCCN1C(=O)C(C)(C2CC2)NC(=O)C1C. The molecule has 0 spiro atoms. The molecule has 2 unspecified atom stereocenters. The Hall–Kier alpha value is -1.10. The molecule has 1 aliphatic heterocycles. The number of hydrogen-bond acceptors (Lipinski definition) is 3. The summed E-state index contributed by atoms with van der Waals surface area (Å²) in [6.45, 7) is 5.12. The molecule has 1 saturated heterocycles. The first-order valence-electron chi connectivity index (χ1n) is 7.62. The number of carbonyl (C=O) groups excluding carboxylic acids is 2. The van der Waals surface area contributed by atoms with E-state index in [0.717, 1.165) is 38.7 Å². The zero-order valence-corrected chi connectivity index (χ0v) is 12.8. The van der Waals surface area contributed by atoms with Crippen molar-refractivity contribution in [1.29, 1.82) is 0 Å². The predicted molar refractivity (Wildman–Crippen MR) is 76.2 cm³/mol. The van der Waals surface area contributed by atoms with Crippen LogP contribution in [-0.4, -0.2) is 48.6 Å². The fourth-order valence-corrected chi connectivity index (χ4v) is 2.97. The smallest absolute Gasteiger partial charge is 0.248 e. The highest BCUT2D eigenvalue weighted by Gasteiger charge is 2.54. The number of methoxy groups -OCH3 is 1. The molecule has 0 bridgehead atoms. The highest BCUT2D eigenvalue weighted by Crippen LogP contribution is 2.42. The zero-order chi connectivity index (χ0) is 14.8. The standard InChI is InChI=1S/C15H26N2O3/c1-11-13(18)16-15(2,12-7-8-12)14(19)17(11)9-5-4-6-10-20-3/h11-12H,4-10H2,1-3H3,(H,16,18). The van der Waals surface area contributed by atoms with Crippen LogP contribution in [-0.2, 0) is 14.3 Å². The normalized spacial score (nSPS) is 30.6. The molecule has 1 aliphatic carbocycles. The van der Waals surface area contributed by atoms with E-state index in [9.17, 15) is 9.59 Å². The Bertz CT molecular complexity index is 381. The molecule has 2 rings (SSSR count). The molecule has 0 radical (unpaired) electrons. The van der Waals surface area contributed by atoms with E-state index >= 15 is 0 Å². The molecule has 2 amide bonds. The van der Waals surface area contributed by atoms with E-state index in [0.29, 0.717) is 12.5 Å². The fraction of sp³-hybridized carbons (Fsp3) is 0.867. The minimum Gasteiger partial charge on any atom is -0.385 e. The number of rotatable bonds is 7. The van der Waals surface area contributed by atoms with Crippen LogP contribution in [0.4, 0.5) is 0 Å². The van der Waals surface area contributed by atoms with E-state index in [-0.39, 0.29) is 17.9 Å². The van der Waals surface area contributed by atoms with Gasteiger partial charge >= 0.3 is 0 Å².